The van der Waals surface area contributed by atoms with E-state index in [0.717, 1.165) is 5.56 Å². The molecular weight excluding hydrogens is 452 g/mol. The molecule has 0 aliphatic carbocycles. The molecule has 10 heteroatoms. The Kier molecular flexibility index (Phi) is 7.01. The minimum absolute atomic E-state index is 0.0883. The van der Waals surface area contributed by atoms with Crippen LogP contribution in [0.2, 0.25) is 0 Å². The van der Waals surface area contributed by atoms with E-state index < -0.39 is 16.9 Å². The van der Waals surface area contributed by atoms with Crippen molar-refractivity contribution in [2.24, 2.45) is 0 Å². The molecule has 0 radical (unpaired) electrons. The number of nitro benzene ring substituents is 1. The van der Waals surface area contributed by atoms with Gasteiger partial charge in [-0.1, -0.05) is 47.6 Å². The first-order valence-electron chi connectivity index (χ1n) is 10.6. The second-order valence-electron chi connectivity index (χ2n) is 7.55. The van der Waals surface area contributed by atoms with Gasteiger partial charge in [-0.15, -0.1) is 0 Å². The summed E-state index contributed by atoms with van der Waals surface area (Å²) in [6.07, 6.45) is 0.377. The number of methoxy groups -OCH3 is 2. The Bertz CT molecular complexity index is 1340. The van der Waals surface area contributed by atoms with Gasteiger partial charge in [-0.05, 0) is 17.7 Å². The number of hydrogen-bond donors (Lipinski definition) is 1. The number of carbonyl (C=O) groups excluding carboxylic acids is 1. The summed E-state index contributed by atoms with van der Waals surface area (Å²) in [6, 6.07) is 19.7. The maximum absolute atomic E-state index is 13.2. The smallest absolute Gasteiger partial charge is 0.270 e. The van der Waals surface area contributed by atoms with Crippen LogP contribution in [-0.2, 0) is 6.42 Å². The maximum atomic E-state index is 13.2. The van der Waals surface area contributed by atoms with Gasteiger partial charge in [0.1, 0.15) is 17.5 Å². The molecule has 4 aromatic rings. The fourth-order valence-corrected chi connectivity index (χ4v) is 3.52. The molecule has 0 bridgehead atoms. The molecule has 10 nitrogen and oxygen atoms in total. The first-order valence-corrected chi connectivity index (χ1v) is 10.6. The van der Waals surface area contributed by atoms with Crippen molar-refractivity contribution >= 4 is 11.6 Å². The summed E-state index contributed by atoms with van der Waals surface area (Å²) in [5.74, 6) is 0.843. The Hall–Kier alpha value is -4.73. The molecule has 0 fully saturated rings. The largest absolute Gasteiger partial charge is 0.497 e. The first kappa shape index (κ1) is 23.4. The molecule has 1 heterocycles. The molecule has 0 spiro atoms. The predicted molar refractivity (Wildman–Crippen MR) is 126 cm³/mol. The number of non-ortho nitro benzene ring substituents is 1. The Labute approximate surface area is 200 Å². The molecule has 0 aliphatic rings. The average molecular weight is 474 g/mol. The third kappa shape index (κ3) is 5.44. The number of amides is 1. The van der Waals surface area contributed by atoms with Crippen molar-refractivity contribution < 1.29 is 23.7 Å². The van der Waals surface area contributed by atoms with Crippen LogP contribution in [0.25, 0.3) is 11.4 Å². The number of ether oxygens (including phenoxy) is 2. The number of aromatic nitrogens is 2. The lowest BCUT2D eigenvalue weighted by molar-refractivity contribution is -0.384. The molecular formula is C25H22N4O6. The molecule has 0 saturated carbocycles. The van der Waals surface area contributed by atoms with Gasteiger partial charge in [0.05, 0.1) is 24.7 Å². The number of nitrogens with one attached hydrogen (secondary N) is 1. The lowest BCUT2D eigenvalue weighted by atomic mass is 10.0. The summed E-state index contributed by atoms with van der Waals surface area (Å²) in [4.78, 5) is 28.3. The quantitative estimate of drug-likeness (QED) is 0.279. The van der Waals surface area contributed by atoms with Crippen molar-refractivity contribution in [3.05, 3.63) is 99.9 Å². The Balaban J connectivity index is 1.65. The van der Waals surface area contributed by atoms with E-state index in [1.807, 2.05) is 30.3 Å². The summed E-state index contributed by atoms with van der Waals surface area (Å²) in [5.41, 5.74) is 1.59. The number of hydrogen-bond acceptors (Lipinski definition) is 8. The van der Waals surface area contributed by atoms with Gasteiger partial charge in [0.15, 0.2) is 0 Å². The molecule has 35 heavy (non-hydrogen) atoms. The van der Waals surface area contributed by atoms with Crippen molar-refractivity contribution in [2.75, 3.05) is 14.2 Å². The first-order chi connectivity index (χ1) is 17.0. The molecule has 1 unspecified atom stereocenters. The normalized spacial score (nSPS) is 11.5. The third-order valence-electron chi connectivity index (χ3n) is 5.30. The number of nitro groups is 1. The summed E-state index contributed by atoms with van der Waals surface area (Å²) in [5, 5.41) is 18.1. The topological polar surface area (TPSA) is 130 Å². The van der Waals surface area contributed by atoms with Gasteiger partial charge in [-0.2, -0.15) is 4.98 Å². The highest BCUT2D eigenvalue weighted by atomic mass is 16.6. The van der Waals surface area contributed by atoms with E-state index in [1.54, 1.807) is 30.3 Å². The van der Waals surface area contributed by atoms with E-state index >= 15 is 0 Å². The summed E-state index contributed by atoms with van der Waals surface area (Å²) < 4.78 is 16.0. The molecule has 3 aromatic carbocycles. The van der Waals surface area contributed by atoms with Gasteiger partial charge < -0.3 is 19.3 Å². The minimum Gasteiger partial charge on any atom is -0.497 e. The van der Waals surface area contributed by atoms with Crippen LogP contribution in [0.3, 0.4) is 0 Å². The van der Waals surface area contributed by atoms with Gasteiger partial charge in [-0.25, -0.2) is 0 Å². The average Bonchev–Trinajstić information content (AvgIpc) is 3.39. The zero-order valence-electron chi connectivity index (χ0n) is 19.0. The summed E-state index contributed by atoms with van der Waals surface area (Å²) >= 11 is 0. The molecule has 1 N–H and O–H groups in total. The van der Waals surface area contributed by atoms with Crippen molar-refractivity contribution in [3.8, 4) is 22.9 Å². The van der Waals surface area contributed by atoms with Crippen LogP contribution < -0.4 is 14.8 Å². The fraction of sp³-hybridized carbons (Fsp3) is 0.160. The number of nitrogens with zero attached hydrogens (tertiary/aromatic N) is 3. The highest BCUT2D eigenvalue weighted by Gasteiger charge is 2.25. The van der Waals surface area contributed by atoms with Crippen LogP contribution >= 0.6 is 0 Å². The Morgan fingerprint density at radius 2 is 1.86 bits per heavy atom. The van der Waals surface area contributed by atoms with E-state index in [0.29, 0.717) is 29.0 Å². The Morgan fingerprint density at radius 1 is 1.06 bits per heavy atom. The van der Waals surface area contributed by atoms with Crippen LogP contribution in [0, 0.1) is 10.1 Å². The van der Waals surface area contributed by atoms with Gasteiger partial charge in [0.2, 0.25) is 11.7 Å². The van der Waals surface area contributed by atoms with Crippen molar-refractivity contribution in [3.63, 3.8) is 0 Å². The predicted octanol–water partition coefficient (Wildman–Crippen LogP) is 4.38. The Morgan fingerprint density at radius 3 is 2.57 bits per heavy atom. The standard InChI is InChI=1S/C25H22N4O6/c1-33-19-11-12-20(22(15-19)34-2)24(30)26-21(13-16-7-4-3-5-8-16)25-27-23(28-35-25)17-9-6-10-18(14-17)29(31)32/h3-12,14-15,21H,13H2,1-2H3,(H,26,30). The van der Waals surface area contributed by atoms with Crippen LogP contribution in [0.5, 0.6) is 11.5 Å². The highest BCUT2D eigenvalue weighted by molar-refractivity contribution is 5.97. The van der Waals surface area contributed by atoms with E-state index in [9.17, 15) is 14.9 Å². The molecule has 178 valence electrons. The van der Waals surface area contributed by atoms with Gasteiger partial charge in [-0.3, -0.25) is 14.9 Å². The van der Waals surface area contributed by atoms with Gasteiger partial charge >= 0.3 is 0 Å². The molecule has 1 aromatic heterocycles. The van der Waals surface area contributed by atoms with Crippen LogP contribution in [0.1, 0.15) is 27.9 Å². The zero-order valence-corrected chi connectivity index (χ0v) is 19.0. The van der Waals surface area contributed by atoms with Crippen LogP contribution in [0.4, 0.5) is 5.69 Å². The SMILES string of the molecule is COc1ccc(C(=O)NC(Cc2ccccc2)c2nc(-c3cccc([N+](=O)[O-])c3)no2)c(OC)c1. The van der Waals surface area contributed by atoms with E-state index in [-0.39, 0.29) is 17.4 Å². The summed E-state index contributed by atoms with van der Waals surface area (Å²) in [7, 11) is 3.00. The highest BCUT2D eigenvalue weighted by Crippen LogP contribution is 2.27. The molecule has 4 rings (SSSR count). The number of carbonyl (C=O) groups is 1. The van der Waals surface area contributed by atoms with E-state index in [2.05, 4.69) is 15.5 Å². The van der Waals surface area contributed by atoms with Crippen molar-refractivity contribution in [1.82, 2.24) is 15.5 Å². The number of rotatable bonds is 9. The van der Waals surface area contributed by atoms with Gasteiger partial charge in [0.25, 0.3) is 11.6 Å². The molecule has 0 saturated heterocycles. The molecule has 0 aliphatic heterocycles. The minimum atomic E-state index is -0.670. The monoisotopic (exact) mass is 474 g/mol. The van der Waals surface area contributed by atoms with Crippen molar-refractivity contribution in [2.45, 2.75) is 12.5 Å². The summed E-state index contributed by atoms with van der Waals surface area (Å²) in [6.45, 7) is 0. The van der Waals surface area contributed by atoms with Crippen LogP contribution in [0.15, 0.2) is 77.3 Å². The van der Waals surface area contributed by atoms with Gasteiger partial charge in [0, 0.05) is 30.2 Å². The number of benzene rings is 3. The zero-order chi connectivity index (χ0) is 24.8. The van der Waals surface area contributed by atoms with E-state index in [1.165, 1.54) is 26.4 Å². The van der Waals surface area contributed by atoms with Crippen LogP contribution in [-0.4, -0.2) is 35.2 Å². The second kappa shape index (κ2) is 10.5. The lowest BCUT2D eigenvalue weighted by Crippen LogP contribution is -2.30. The van der Waals surface area contributed by atoms with Crippen molar-refractivity contribution in [1.29, 1.82) is 0 Å². The second-order valence-corrected chi connectivity index (χ2v) is 7.55. The third-order valence-corrected chi connectivity index (χ3v) is 5.30. The molecule has 1 atom stereocenters. The van der Waals surface area contributed by atoms with E-state index in [4.69, 9.17) is 14.0 Å². The molecule has 1 amide bonds. The maximum Gasteiger partial charge on any atom is 0.270 e. The lowest BCUT2D eigenvalue weighted by Gasteiger charge is -2.17. The fourth-order valence-electron chi connectivity index (χ4n) is 3.52.